The van der Waals surface area contributed by atoms with Gasteiger partial charge in [0.15, 0.2) is 0 Å². The topological polar surface area (TPSA) is 111 Å². The van der Waals surface area contributed by atoms with Crippen LogP contribution in [0.1, 0.15) is 285 Å². The largest absolute Gasteiger partial charge is 1.00 e. The van der Waals surface area contributed by atoms with Crippen molar-refractivity contribution < 1.29 is 119 Å². The van der Waals surface area contributed by atoms with E-state index >= 15 is 0 Å². The predicted molar refractivity (Wildman–Crippen MR) is 238 cm³/mol. The molecule has 0 aromatic carbocycles. The summed E-state index contributed by atoms with van der Waals surface area (Å²) in [6.07, 6.45) is 57.0. The molecule has 12 N–H and O–H groups in total. The summed E-state index contributed by atoms with van der Waals surface area (Å²) in [6.45, 7) is 13.6. The molecule has 0 rings (SSSR count). The average molecular weight is 1250 g/mol. The zero-order chi connectivity index (χ0) is 39.1. The van der Waals surface area contributed by atoms with Crippen LogP contribution in [-0.4, -0.2) is 26.2 Å². The van der Waals surface area contributed by atoms with Gasteiger partial charge in [-0.2, -0.15) is 0 Å². The maximum atomic E-state index is 3.85. The molecule has 56 heavy (non-hydrogen) atoms. The van der Waals surface area contributed by atoms with Crippen LogP contribution in [-0.2, 0) is 0 Å². The Kier molecular flexibility index (Phi) is 116. The van der Waals surface area contributed by atoms with Gasteiger partial charge in [0, 0.05) is 0 Å². The fraction of sp³-hybridized carbons (Fsp3) is 1.00. The second-order valence-electron chi connectivity index (χ2n) is 16.1. The van der Waals surface area contributed by atoms with Gasteiger partial charge in [-0.15, -0.1) is 0 Å². The SMILES string of the molecule is CCCCCCCCCCCC[NH3+].CCCCCCCCCCCC[NH3+].CCCCCCCCCCCC[NH3+].CCCCCCCCCCCC[NH3+].[I-].[I-].[I-].[I-]. The van der Waals surface area contributed by atoms with Crippen molar-refractivity contribution in [1.82, 2.24) is 0 Å². The van der Waals surface area contributed by atoms with Crippen LogP contribution in [0.15, 0.2) is 0 Å². The third-order valence-corrected chi connectivity index (χ3v) is 10.4. The molecule has 0 saturated heterocycles. The molecule has 0 spiro atoms. The van der Waals surface area contributed by atoms with Crippen LogP contribution in [0.25, 0.3) is 0 Å². The lowest BCUT2D eigenvalue weighted by atomic mass is 10.1. The molecule has 0 saturated carbocycles. The average Bonchev–Trinajstić information content (AvgIpc) is 3.16. The van der Waals surface area contributed by atoms with Crippen LogP contribution in [0, 0.1) is 0 Å². The molecule has 0 aliphatic carbocycles. The Bertz CT molecular complexity index is 394. The highest BCUT2D eigenvalue weighted by Crippen LogP contribution is 2.12. The van der Waals surface area contributed by atoms with Crippen molar-refractivity contribution in [2.24, 2.45) is 0 Å². The van der Waals surface area contributed by atoms with Gasteiger partial charge in [0.25, 0.3) is 0 Å². The van der Waals surface area contributed by atoms with Crippen molar-refractivity contribution in [3.8, 4) is 0 Å². The Hall–Kier alpha value is 2.76. The van der Waals surface area contributed by atoms with E-state index in [9.17, 15) is 0 Å². The predicted octanol–water partition coefficient (Wildman–Crippen LogP) is 0.613. The van der Waals surface area contributed by atoms with Crippen molar-refractivity contribution in [1.29, 1.82) is 0 Å². The van der Waals surface area contributed by atoms with Crippen LogP contribution >= 0.6 is 0 Å². The first-order chi connectivity index (χ1) is 25.7. The van der Waals surface area contributed by atoms with Gasteiger partial charge in [-0.1, -0.05) is 233 Å². The molecule has 0 aliphatic rings. The Morgan fingerprint density at radius 1 is 0.161 bits per heavy atom. The molecule has 0 heterocycles. The zero-order valence-electron chi connectivity index (χ0n) is 39.5. The third-order valence-electron chi connectivity index (χ3n) is 10.4. The number of hydrogen-bond donors (Lipinski definition) is 4. The fourth-order valence-corrected chi connectivity index (χ4v) is 6.66. The van der Waals surface area contributed by atoms with E-state index in [1.807, 2.05) is 0 Å². The molecule has 4 nitrogen and oxygen atoms in total. The Labute approximate surface area is 425 Å². The van der Waals surface area contributed by atoms with E-state index in [0.717, 1.165) is 26.2 Å². The Morgan fingerprint density at radius 3 is 0.339 bits per heavy atom. The maximum Gasteiger partial charge on any atom is 0.0739 e. The van der Waals surface area contributed by atoms with Gasteiger partial charge >= 0.3 is 0 Å². The fourth-order valence-electron chi connectivity index (χ4n) is 6.66. The molecular formula is C48H112I4N4. The van der Waals surface area contributed by atoms with Crippen molar-refractivity contribution in [2.75, 3.05) is 26.2 Å². The van der Waals surface area contributed by atoms with Crippen molar-refractivity contribution in [2.45, 2.75) is 285 Å². The Balaban J connectivity index is -0.0000000893. The van der Waals surface area contributed by atoms with E-state index in [4.69, 9.17) is 0 Å². The molecule has 8 heteroatoms. The normalized spacial score (nSPS) is 9.86. The monoisotopic (exact) mass is 1250 g/mol. The lowest BCUT2D eigenvalue weighted by molar-refractivity contribution is -0.368. The van der Waals surface area contributed by atoms with Gasteiger partial charge in [-0.25, -0.2) is 0 Å². The maximum absolute atomic E-state index is 3.85. The third kappa shape index (κ3) is 96.5. The molecular weight excluding hydrogens is 1140 g/mol. The highest BCUT2D eigenvalue weighted by molar-refractivity contribution is 4.49. The molecule has 0 amide bonds. The summed E-state index contributed by atoms with van der Waals surface area (Å²) in [5.74, 6) is 0. The number of quaternary nitrogens is 4. The van der Waals surface area contributed by atoms with Gasteiger partial charge in [-0.3, -0.25) is 0 Å². The second-order valence-corrected chi connectivity index (χ2v) is 16.1. The quantitative estimate of drug-likeness (QED) is 0.0511. The smallest absolute Gasteiger partial charge is 0.0739 e. The lowest BCUT2D eigenvalue weighted by Gasteiger charge is -2.00. The molecule has 352 valence electrons. The minimum Gasteiger partial charge on any atom is -1.00 e. The number of unbranched alkanes of at least 4 members (excludes halogenated alkanes) is 36. The first-order valence-corrected chi connectivity index (χ1v) is 24.8. The highest BCUT2D eigenvalue weighted by atomic mass is 127. The van der Waals surface area contributed by atoms with Gasteiger partial charge in [0.2, 0.25) is 0 Å². The molecule has 0 fully saturated rings. The summed E-state index contributed by atoms with van der Waals surface area (Å²) in [5, 5.41) is 0. The van der Waals surface area contributed by atoms with Crippen molar-refractivity contribution in [3.63, 3.8) is 0 Å². The van der Waals surface area contributed by atoms with E-state index in [1.54, 1.807) is 0 Å². The standard InChI is InChI=1S/4C12H27N.4HI/c4*1-2-3-4-5-6-7-8-9-10-11-12-13;;;;/h4*2-13H2,1H3;4*1H. The van der Waals surface area contributed by atoms with E-state index in [0.29, 0.717) is 0 Å². The number of halogens is 4. The first kappa shape index (κ1) is 76.1. The summed E-state index contributed by atoms with van der Waals surface area (Å²) in [4.78, 5) is 0. The van der Waals surface area contributed by atoms with E-state index in [1.165, 1.54) is 257 Å². The molecule has 0 bridgehead atoms. The Morgan fingerprint density at radius 2 is 0.250 bits per heavy atom. The van der Waals surface area contributed by atoms with Crippen LogP contribution in [0.3, 0.4) is 0 Å². The van der Waals surface area contributed by atoms with Crippen LogP contribution < -0.4 is 119 Å². The van der Waals surface area contributed by atoms with Crippen LogP contribution in [0.2, 0.25) is 0 Å². The minimum atomic E-state index is 0. The summed E-state index contributed by atoms with van der Waals surface area (Å²) < 4.78 is 0. The first-order valence-electron chi connectivity index (χ1n) is 24.8. The lowest BCUT2D eigenvalue weighted by Crippen LogP contribution is -3.00. The van der Waals surface area contributed by atoms with Crippen LogP contribution in [0.4, 0.5) is 0 Å². The number of rotatable bonds is 40. The molecule has 0 unspecified atom stereocenters. The highest BCUT2D eigenvalue weighted by Gasteiger charge is 1.94. The van der Waals surface area contributed by atoms with E-state index in [2.05, 4.69) is 50.6 Å². The molecule has 0 aliphatic heterocycles. The van der Waals surface area contributed by atoms with Crippen molar-refractivity contribution in [3.05, 3.63) is 0 Å². The summed E-state index contributed by atoms with van der Waals surface area (Å²) in [5.41, 5.74) is 15.4. The van der Waals surface area contributed by atoms with Gasteiger partial charge in [-0.05, 0) is 51.4 Å². The second kappa shape index (κ2) is 85.1. The molecule has 0 aromatic rings. The summed E-state index contributed by atoms with van der Waals surface area (Å²) in [6, 6.07) is 0. The van der Waals surface area contributed by atoms with E-state index < -0.39 is 0 Å². The molecule has 0 radical (unpaired) electrons. The summed E-state index contributed by atoms with van der Waals surface area (Å²) >= 11 is 0. The zero-order valence-corrected chi connectivity index (χ0v) is 48.1. The molecule has 0 aromatic heterocycles. The van der Waals surface area contributed by atoms with Gasteiger partial charge in [0.05, 0.1) is 26.2 Å². The minimum absolute atomic E-state index is 0. The summed E-state index contributed by atoms with van der Waals surface area (Å²) in [7, 11) is 0. The molecule has 0 atom stereocenters. The number of hydrogen-bond acceptors (Lipinski definition) is 0. The van der Waals surface area contributed by atoms with Crippen molar-refractivity contribution >= 4 is 0 Å². The van der Waals surface area contributed by atoms with Gasteiger partial charge < -0.3 is 119 Å². The van der Waals surface area contributed by atoms with Gasteiger partial charge in [0.1, 0.15) is 0 Å². The van der Waals surface area contributed by atoms with E-state index in [-0.39, 0.29) is 95.9 Å². The van der Waals surface area contributed by atoms with Crippen LogP contribution in [0.5, 0.6) is 0 Å².